The van der Waals surface area contributed by atoms with Crippen molar-refractivity contribution in [1.29, 1.82) is 0 Å². The SMILES string of the molecule is CCOC(=O)C[C@H](c1ccc([N+](=O)[O-])cc1)[C@H](NC(=O)Cc1cccc(F)c1)C(=O)O. The largest absolute Gasteiger partial charge is 0.480 e. The van der Waals surface area contributed by atoms with Crippen molar-refractivity contribution in [3.05, 3.63) is 75.6 Å². The van der Waals surface area contributed by atoms with Crippen molar-refractivity contribution in [1.82, 2.24) is 5.32 Å². The van der Waals surface area contributed by atoms with E-state index in [0.717, 1.165) is 6.07 Å². The van der Waals surface area contributed by atoms with Gasteiger partial charge in [0.2, 0.25) is 5.91 Å². The van der Waals surface area contributed by atoms with Crippen LogP contribution >= 0.6 is 0 Å². The van der Waals surface area contributed by atoms with E-state index in [9.17, 15) is 34.0 Å². The number of halogens is 1. The van der Waals surface area contributed by atoms with Crippen LogP contribution < -0.4 is 5.32 Å². The molecule has 164 valence electrons. The van der Waals surface area contributed by atoms with Crippen molar-refractivity contribution in [2.24, 2.45) is 0 Å². The summed E-state index contributed by atoms with van der Waals surface area (Å²) in [6, 6.07) is 8.81. The molecule has 9 nitrogen and oxygen atoms in total. The van der Waals surface area contributed by atoms with Crippen molar-refractivity contribution in [3.63, 3.8) is 0 Å². The lowest BCUT2D eigenvalue weighted by Gasteiger charge is -2.25. The number of nitro benzene ring substituents is 1. The topological polar surface area (TPSA) is 136 Å². The average molecular weight is 432 g/mol. The molecule has 10 heteroatoms. The molecule has 0 saturated carbocycles. The van der Waals surface area contributed by atoms with E-state index in [1.165, 1.54) is 42.5 Å². The third kappa shape index (κ3) is 6.88. The molecule has 2 atom stereocenters. The number of rotatable bonds is 10. The first-order chi connectivity index (χ1) is 14.7. The lowest BCUT2D eigenvalue weighted by Crippen LogP contribution is -2.46. The molecule has 2 rings (SSSR count). The Bertz CT molecular complexity index is 962. The van der Waals surface area contributed by atoms with Crippen LogP contribution in [0.15, 0.2) is 48.5 Å². The monoisotopic (exact) mass is 432 g/mol. The van der Waals surface area contributed by atoms with E-state index in [2.05, 4.69) is 5.32 Å². The third-order valence-corrected chi connectivity index (χ3v) is 4.46. The Morgan fingerprint density at radius 3 is 2.42 bits per heavy atom. The van der Waals surface area contributed by atoms with Gasteiger partial charge in [0.1, 0.15) is 11.9 Å². The highest BCUT2D eigenvalue weighted by molar-refractivity contribution is 5.86. The molecule has 0 unspecified atom stereocenters. The first-order valence-electron chi connectivity index (χ1n) is 9.37. The standard InChI is InChI=1S/C21H21FN2O7/c1-2-31-19(26)12-17(14-6-8-16(9-7-14)24(29)30)20(21(27)28)23-18(25)11-13-4-3-5-15(22)10-13/h3-10,17,20H,2,11-12H2,1H3,(H,23,25)(H,27,28)/t17-,20+/m1/s1. The Balaban J connectivity index is 2.29. The van der Waals surface area contributed by atoms with Crippen LogP contribution in [0, 0.1) is 15.9 Å². The van der Waals surface area contributed by atoms with Crippen molar-refractivity contribution in [2.45, 2.75) is 31.7 Å². The van der Waals surface area contributed by atoms with E-state index in [-0.39, 0.29) is 25.1 Å². The molecule has 0 aromatic heterocycles. The number of hydrogen-bond acceptors (Lipinski definition) is 6. The molecule has 1 amide bonds. The van der Waals surface area contributed by atoms with Crippen LogP contribution in [0.4, 0.5) is 10.1 Å². The second-order valence-corrected chi connectivity index (χ2v) is 6.65. The fourth-order valence-corrected chi connectivity index (χ4v) is 3.06. The number of ether oxygens (including phenoxy) is 1. The van der Waals surface area contributed by atoms with Gasteiger partial charge in [-0.25, -0.2) is 9.18 Å². The van der Waals surface area contributed by atoms with Crippen molar-refractivity contribution in [2.75, 3.05) is 6.61 Å². The minimum absolute atomic E-state index is 0.0789. The van der Waals surface area contributed by atoms with Crippen LogP contribution in [0.1, 0.15) is 30.4 Å². The Kier molecular flexibility index (Phi) is 8.18. The maximum Gasteiger partial charge on any atom is 0.326 e. The van der Waals surface area contributed by atoms with Gasteiger partial charge in [-0.05, 0) is 30.2 Å². The molecule has 0 heterocycles. The number of hydrogen-bond donors (Lipinski definition) is 2. The normalized spacial score (nSPS) is 12.5. The number of nitrogens with zero attached hydrogens (tertiary/aromatic N) is 1. The summed E-state index contributed by atoms with van der Waals surface area (Å²) in [5.41, 5.74) is 0.441. The van der Waals surface area contributed by atoms with E-state index < -0.39 is 40.5 Å². The van der Waals surface area contributed by atoms with Crippen LogP contribution in [-0.2, 0) is 25.5 Å². The summed E-state index contributed by atoms with van der Waals surface area (Å²) in [5, 5.41) is 23.0. The fourth-order valence-electron chi connectivity index (χ4n) is 3.06. The first kappa shape index (κ1) is 23.5. The van der Waals surface area contributed by atoms with Crippen LogP contribution in [-0.4, -0.2) is 40.5 Å². The molecule has 0 saturated heterocycles. The van der Waals surface area contributed by atoms with Gasteiger partial charge in [0.05, 0.1) is 24.4 Å². The number of benzene rings is 2. The predicted molar refractivity (Wildman–Crippen MR) is 107 cm³/mol. The van der Waals surface area contributed by atoms with Crippen molar-refractivity contribution < 1.29 is 33.5 Å². The summed E-state index contributed by atoms with van der Waals surface area (Å²) in [5.74, 6) is -4.36. The number of carbonyl (C=O) groups excluding carboxylic acids is 2. The molecular formula is C21H21FN2O7. The van der Waals surface area contributed by atoms with Crippen LogP contribution in [0.5, 0.6) is 0 Å². The fraction of sp³-hybridized carbons (Fsp3) is 0.286. The van der Waals surface area contributed by atoms with Crippen LogP contribution in [0.2, 0.25) is 0 Å². The van der Waals surface area contributed by atoms with Gasteiger partial charge in [-0.1, -0.05) is 24.3 Å². The lowest BCUT2D eigenvalue weighted by atomic mass is 9.88. The van der Waals surface area contributed by atoms with Crippen LogP contribution in [0.3, 0.4) is 0 Å². The summed E-state index contributed by atoms with van der Waals surface area (Å²) >= 11 is 0. The number of carboxylic acid groups (broad SMARTS) is 1. The third-order valence-electron chi connectivity index (χ3n) is 4.46. The molecule has 2 aromatic rings. The average Bonchev–Trinajstić information content (AvgIpc) is 2.70. The summed E-state index contributed by atoms with van der Waals surface area (Å²) in [6.07, 6.45) is -0.642. The van der Waals surface area contributed by atoms with Gasteiger partial charge >= 0.3 is 11.9 Å². The van der Waals surface area contributed by atoms with Gasteiger partial charge < -0.3 is 15.2 Å². The zero-order valence-corrected chi connectivity index (χ0v) is 16.6. The molecule has 2 aromatic carbocycles. The lowest BCUT2D eigenvalue weighted by molar-refractivity contribution is -0.384. The number of non-ortho nitro benzene ring substituents is 1. The van der Waals surface area contributed by atoms with Gasteiger partial charge in [0.15, 0.2) is 0 Å². The van der Waals surface area contributed by atoms with E-state index in [0.29, 0.717) is 11.1 Å². The minimum atomic E-state index is -1.52. The van der Waals surface area contributed by atoms with E-state index in [1.807, 2.05) is 0 Å². The van der Waals surface area contributed by atoms with Gasteiger partial charge in [0.25, 0.3) is 5.69 Å². The van der Waals surface area contributed by atoms with Gasteiger partial charge in [-0.15, -0.1) is 0 Å². The smallest absolute Gasteiger partial charge is 0.326 e. The number of nitro groups is 1. The number of esters is 1. The van der Waals surface area contributed by atoms with Gasteiger partial charge in [-0.3, -0.25) is 19.7 Å². The summed E-state index contributed by atoms with van der Waals surface area (Å²) < 4.78 is 18.2. The van der Waals surface area contributed by atoms with Crippen molar-refractivity contribution in [3.8, 4) is 0 Å². The molecule has 2 N–H and O–H groups in total. The summed E-state index contributed by atoms with van der Waals surface area (Å²) in [6.45, 7) is 1.67. The van der Waals surface area contributed by atoms with Crippen LogP contribution in [0.25, 0.3) is 0 Å². The Hall–Kier alpha value is -3.82. The molecule has 0 spiro atoms. The molecule has 0 radical (unpaired) electrons. The second-order valence-electron chi connectivity index (χ2n) is 6.65. The highest BCUT2D eigenvalue weighted by Gasteiger charge is 2.33. The Morgan fingerprint density at radius 1 is 1.19 bits per heavy atom. The second kappa shape index (κ2) is 10.8. The number of carboxylic acids is 1. The Morgan fingerprint density at radius 2 is 1.87 bits per heavy atom. The summed E-state index contributed by atoms with van der Waals surface area (Å²) in [4.78, 5) is 46.7. The summed E-state index contributed by atoms with van der Waals surface area (Å²) in [7, 11) is 0. The van der Waals surface area contributed by atoms with Gasteiger partial charge in [0, 0.05) is 18.1 Å². The zero-order chi connectivity index (χ0) is 23.0. The molecular weight excluding hydrogens is 411 g/mol. The molecule has 0 bridgehead atoms. The highest BCUT2D eigenvalue weighted by atomic mass is 19.1. The quantitative estimate of drug-likeness (QED) is 0.335. The highest BCUT2D eigenvalue weighted by Crippen LogP contribution is 2.27. The molecule has 0 aliphatic heterocycles. The van der Waals surface area contributed by atoms with Gasteiger partial charge in [-0.2, -0.15) is 0 Å². The maximum atomic E-state index is 13.3. The molecule has 0 aliphatic carbocycles. The minimum Gasteiger partial charge on any atom is -0.480 e. The maximum absolute atomic E-state index is 13.3. The Labute approximate surface area is 177 Å². The molecule has 0 fully saturated rings. The number of aliphatic carboxylic acids is 1. The van der Waals surface area contributed by atoms with E-state index in [4.69, 9.17) is 4.74 Å². The first-order valence-corrected chi connectivity index (χ1v) is 9.37. The van der Waals surface area contributed by atoms with Crippen molar-refractivity contribution >= 4 is 23.5 Å². The molecule has 31 heavy (non-hydrogen) atoms. The predicted octanol–water partition coefficient (Wildman–Crippen LogP) is 2.58. The zero-order valence-electron chi connectivity index (χ0n) is 16.6. The number of amides is 1. The van der Waals surface area contributed by atoms with E-state index >= 15 is 0 Å². The number of nitrogens with one attached hydrogen (secondary N) is 1. The molecule has 0 aliphatic rings. The number of carbonyl (C=O) groups is 3. The van der Waals surface area contributed by atoms with E-state index in [1.54, 1.807) is 6.92 Å².